The highest BCUT2D eigenvalue weighted by atomic mass is 35.5. The molecule has 0 fully saturated rings. The first kappa shape index (κ1) is 15.3. The number of anilines is 1. The van der Waals surface area contributed by atoms with E-state index in [0.717, 1.165) is 6.21 Å². The van der Waals surface area contributed by atoms with Crippen LogP contribution in [0.3, 0.4) is 0 Å². The molecule has 0 unspecified atom stereocenters. The maximum Gasteiger partial charge on any atom is 0.437 e. The number of aromatic nitrogens is 2. The lowest BCUT2D eigenvalue weighted by atomic mass is 10.2. The SMILES string of the molecule is Cn1ncc(NC(=O)O/N=C/c2c(F)cccc2Cl)c1Cl. The molecule has 0 aliphatic carbocycles. The predicted molar refractivity (Wildman–Crippen MR) is 77.3 cm³/mol. The smallest absolute Gasteiger partial charge is 0.298 e. The Morgan fingerprint density at radius 3 is 2.90 bits per heavy atom. The number of rotatable bonds is 3. The number of hydrogen-bond acceptors (Lipinski definition) is 4. The van der Waals surface area contributed by atoms with E-state index < -0.39 is 11.9 Å². The van der Waals surface area contributed by atoms with Gasteiger partial charge in [0.15, 0.2) is 5.15 Å². The van der Waals surface area contributed by atoms with E-state index in [9.17, 15) is 9.18 Å². The second-order valence-corrected chi connectivity index (χ2v) is 4.61. The molecule has 0 aliphatic rings. The summed E-state index contributed by atoms with van der Waals surface area (Å²) in [5.74, 6) is -0.578. The number of oxime groups is 1. The Morgan fingerprint density at radius 1 is 1.52 bits per heavy atom. The van der Waals surface area contributed by atoms with Gasteiger partial charge in [-0.1, -0.05) is 34.4 Å². The highest BCUT2D eigenvalue weighted by Gasteiger charge is 2.10. The Hall–Kier alpha value is -2.12. The number of nitrogens with one attached hydrogen (secondary N) is 1. The highest BCUT2D eigenvalue weighted by Crippen LogP contribution is 2.20. The van der Waals surface area contributed by atoms with Gasteiger partial charge >= 0.3 is 6.09 Å². The van der Waals surface area contributed by atoms with Gasteiger partial charge in [-0.25, -0.2) is 9.18 Å². The molecular formula is C12H9Cl2FN4O2. The van der Waals surface area contributed by atoms with Gasteiger partial charge in [0, 0.05) is 7.05 Å². The Bertz CT molecular complexity index is 682. The van der Waals surface area contributed by atoms with Crippen LogP contribution in [0.25, 0.3) is 0 Å². The standard InChI is InChI=1S/C12H9Cl2FN4O2/c1-19-11(14)10(6-16-19)18-12(20)21-17-5-7-8(13)3-2-4-9(7)15/h2-6H,1H3,(H,18,20)/b17-5+. The number of aryl methyl sites for hydroxylation is 1. The van der Waals surface area contributed by atoms with Gasteiger partial charge < -0.3 is 0 Å². The monoisotopic (exact) mass is 330 g/mol. The topological polar surface area (TPSA) is 68.5 Å². The third-order valence-corrected chi connectivity index (χ3v) is 3.20. The Morgan fingerprint density at radius 2 is 2.29 bits per heavy atom. The number of nitrogens with zero attached hydrogens (tertiary/aromatic N) is 3. The first-order valence-electron chi connectivity index (χ1n) is 5.62. The van der Waals surface area contributed by atoms with Crippen molar-refractivity contribution in [3.63, 3.8) is 0 Å². The second-order valence-electron chi connectivity index (χ2n) is 3.85. The van der Waals surface area contributed by atoms with Crippen LogP contribution in [-0.2, 0) is 11.9 Å². The minimum absolute atomic E-state index is 0.0198. The number of carbonyl (C=O) groups excluding carboxylic acids is 1. The van der Waals surface area contributed by atoms with Gasteiger partial charge in [0.2, 0.25) is 0 Å². The molecule has 1 N–H and O–H groups in total. The lowest BCUT2D eigenvalue weighted by Gasteiger charge is -2.01. The molecule has 6 nitrogen and oxygen atoms in total. The molecule has 1 amide bonds. The summed E-state index contributed by atoms with van der Waals surface area (Å²) in [7, 11) is 1.61. The fraction of sp³-hybridized carbons (Fsp3) is 0.0833. The van der Waals surface area contributed by atoms with Crippen molar-refractivity contribution in [2.75, 3.05) is 5.32 Å². The molecule has 0 saturated carbocycles. The van der Waals surface area contributed by atoms with E-state index >= 15 is 0 Å². The molecule has 0 radical (unpaired) electrons. The lowest BCUT2D eigenvalue weighted by molar-refractivity contribution is 0.167. The van der Waals surface area contributed by atoms with E-state index in [1.165, 1.54) is 29.1 Å². The van der Waals surface area contributed by atoms with Gasteiger partial charge in [-0.2, -0.15) is 5.10 Å². The quantitative estimate of drug-likeness (QED) is 0.532. The van der Waals surface area contributed by atoms with Gasteiger partial charge in [0.25, 0.3) is 0 Å². The van der Waals surface area contributed by atoms with Crippen LogP contribution in [0, 0.1) is 5.82 Å². The summed E-state index contributed by atoms with van der Waals surface area (Å²) in [6, 6.07) is 4.15. The van der Waals surface area contributed by atoms with Crippen LogP contribution in [0.15, 0.2) is 29.6 Å². The van der Waals surface area contributed by atoms with Gasteiger partial charge in [-0.05, 0) is 12.1 Å². The molecule has 2 aromatic rings. The van der Waals surface area contributed by atoms with Gasteiger partial charge in [0.1, 0.15) is 11.5 Å². The molecule has 0 atom stereocenters. The first-order valence-corrected chi connectivity index (χ1v) is 6.37. The summed E-state index contributed by atoms with van der Waals surface area (Å²) in [4.78, 5) is 16.0. The fourth-order valence-electron chi connectivity index (χ4n) is 1.40. The fourth-order valence-corrected chi connectivity index (χ4v) is 1.75. The summed E-state index contributed by atoms with van der Waals surface area (Å²) in [6.07, 6.45) is 1.46. The number of carbonyl (C=O) groups is 1. The van der Waals surface area contributed by atoms with Crippen LogP contribution in [0.1, 0.15) is 5.56 Å². The molecule has 1 heterocycles. The Balaban J connectivity index is 1.98. The van der Waals surface area contributed by atoms with Crippen LogP contribution in [0.2, 0.25) is 10.2 Å². The van der Waals surface area contributed by atoms with Crippen molar-refractivity contribution in [3.05, 3.63) is 46.0 Å². The van der Waals surface area contributed by atoms with Crippen molar-refractivity contribution in [3.8, 4) is 0 Å². The van der Waals surface area contributed by atoms with E-state index in [-0.39, 0.29) is 21.4 Å². The molecule has 9 heteroatoms. The van der Waals surface area contributed by atoms with Crippen LogP contribution in [0.5, 0.6) is 0 Å². The van der Waals surface area contributed by atoms with E-state index in [1.54, 1.807) is 7.05 Å². The molecule has 0 saturated heterocycles. The zero-order valence-corrected chi connectivity index (χ0v) is 12.2. The Labute approximate surface area is 129 Å². The third-order valence-electron chi connectivity index (χ3n) is 2.42. The van der Waals surface area contributed by atoms with Crippen molar-refractivity contribution in [1.29, 1.82) is 0 Å². The average molecular weight is 331 g/mol. The van der Waals surface area contributed by atoms with Gasteiger partial charge in [0.05, 0.1) is 23.0 Å². The summed E-state index contributed by atoms with van der Waals surface area (Å²) in [6.45, 7) is 0. The predicted octanol–water partition coefficient (Wildman–Crippen LogP) is 3.45. The Kier molecular flexibility index (Phi) is 4.77. The lowest BCUT2D eigenvalue weighted by Crippen LogP contribution is -2.11. The zero-order valence-electron chi connectivity index (χ0n) is 10.7. The summed E-state index contributed by atoms with van der Waals surface area (Å²) >= 11 is 11.6. The number of amides is 1. The molecular weight excluding hydrogens is 322 g/mol. The van der Waals surface area contributed by atoms with Gasteiger partial charge in [-0.15, -0.1) is 0 Å². The van der Waals surface area contributed by atoms with Crippen molar-refractivity contribution < 1.29 is 14.0 Å². The molecule has 0 aliphatic heterocycles. The van der Waals surface area contributed by atoms with Crippen LogP contribution >= 0.6 is 23.2 Å². The summed E-state index contributed by atoms with van der Waals surface area (Å²) < 4.78 is 14.8. The molecule has 0 spiro atoms. The number of hydrogen-bond donors (Lipinski definition) is 1. The maximum absolute atomic E-state index is 13.4. The highest BCUT2D eigenvalue weighted by molar-refractivity contribution is 6.33. The van der Waals surface area contributed by atoms with E-state index in [1.807, 2.05) is 0 Å². The van der Waals surface area contributed by atoms with Crippen LogP contribution < -0.4 is 5.32 Å². The molecule has 110 valence electrons. The van der Waals surface area contributed by atoms with Crippen LogP contribution in [0.4, 0.5) is 14.9 Å². The van der Waals surface area contributed by atoms with Crippen molar-refractivity contribution in [2.45, 2.75) is 0 Å². The zero-order chi connectivity index (χ0) is 15.4. The third kappa shape index (κ3) is 3.71. The van der Waals surface area contributed by atoms with Gasteiger partial charge in [-0.3, -0.25) is 14.8 Å². The second kappa shape index (κ2) is 6.55. The molecule has 0 bridgehead atoms. The molecule has 21 heavy (non-hydrogen) atoms. The van der Waals surface area contributed by atoms with Crippen molar-refractivity contribution in [2.24, 2.45) is 12.2 Å². The molecule has 2 rings (SSSR count). The summed E-state index contributed by atoms with van der Waals surface area (Å²) in [5, 5.41) is 9.90. The minimum atomic E-state index is -0.895. The van der Waals surface area contributed by atoms with Crippen LogP contribution in [-0.4, -0.2) is 22.1 Å². The van der Waals surface area contributed by atoms with E-state index in [4.69, 9.17) is 23.2 Å². The first-order chi connectivity index (χ1) is 9.99. The minimum Gasteiger partial charge on any atom is -0.298 e. The molecule has 1 aromatic heterocycles. The number of benzene rings is 1. The van der Waals surface area contributed by atoms with Crippen molar-refractivity contribution >= 4 is 41.2 Å². The maximum atomic E-state index is 13.4. The van der Waals surface area contributed by atoms with E-state index in [2.05, 4.69) is 20.4 Å². The number of halogens is 3. The average Bonchev–Trinajstić information content (AvgIpc) is 2.74. The van der Waals surface area contributed by atoms with E-state index in [0.29, 0.717) is 0 Å². The molecule has 1 aromatic carbocycles. The van der Waals surface area contributed by atoms with Crippen molar-refractivity contribution in [1.82, 2.24) is 9.78 Å². The normalized spacial score (nSPS) is 10.9. The largest absolute Gasteiger partial charge is 0.437 e. The summed E-state index contributed by atoms with van der Waals surface area (Å²) in [5.41, 5.74) is 0.287.